The summed E-state index contributed by atoms with van der Waals surface area (Å²) in [5.41, 5.74) is 0. The summed E-state index contributed by atoms with van der Waals surface area (Å²) in [7, 11) is 0. The highest BCUT2D eigenvalue weighted by molar-refractivity contribution is 9.09. The Balaban J connectivity index is 4.23. The van der Waals surface area contributed by atoms with Crippen LogP contribution < -0.4 is 0 Å². The van der Waals surface area contributed by atoms with Crippen molar-refractivity contribution in [3.8, 4) is 0 Å². The third-order valence-electron chi connectivity index (χ3n) is 9.12. The van der Waals surface area contributed by atoms with Crippen molar-refractivity contribution in [2.45, 2.75) is 194 Å². The molecule has 0 N–H and O–H groups in total. The Bertz CT molecular complexity index is 894. The van der Waals surface area contributed by atoms with E-state index < -0.39 is 0 Å². The van der Waals surface area contributed by atoms with Gasteiger partial charge >= 0.3 is 17.9 Å². The molecule has 0 aromatic heterocycles. The van der Waals surface area contributed by atoms with Crippen LogP contribution in [0.2, 0.25) is 0 Å². The van der Waals surface area contributed by atoms with Crippen molar-refractivity contribution in [2.24, 2.45) is 5.92 Å². The second kappa shape index (κ2) is 42.6. The molecule has 0 aromatic rings. The highest BCUT2D eigenvalue weighted by atomic mass is 79.9. The summed E-state index contributed by atoms with van der Waals surface area (Å²) < 4.78 is 16.6. The molecule has 7 heteroatoms. The van der Waals surface area contributed by atoms with Crippen LogP contribution in [0.25, 0.3) is 0 Å². The number of hydrogen-bond acceptors (Lipinski definition) is 6. The van der Waals surface area contributed by atoms with Crippen molar-refractivity contribution in [3.63, 3.8) is 0 Å². The van der Waals surface area contributed by atoms with Gasteiger partial charge in [0.15, 0.2) is 0 Å². The molecule has 0 atom stereocenters. The van der Waals surface area contributed by atoms with E-state index >= 15 is 0 Å². The molecule has 0 aromatic carbocycles. The monoisotopic (exact) mass is 807 g/mol. The molecule has 0 aliphatic heterocycles. The summed E-state index contributed by atoms with van der Waals surface area (Å²) in [6.45, 7) is 4.70. The Labute approximate surface area is 334 Å². The van der Waals surface area contributed by atoms with Crippen LogP contribution in [0.15, 0.2) is 48.6 Å². The van der Waals surface area contributed by atoms with Crippen LogP contribution in [-0.4, -0.2) is 43.1 Å². The Hall–Kier alpha value is -2.15. The number of allylic oxidation sites excluding steroid dienone is 8. The molecule has 6 nitrogen and oxygen atoms in total. The van der Waals surface area contributed by atoms with Gasteiger partial charge in [-0.2, -0.15) is 0 Å². The first-order valence-corrected chi connectivity index (χ1v) is 22.8. The van der Waals surface area contributed by atoms with Gasteiger partial charge in [0.2, 0.25) is 0 Å². The number of rotatable bonds is 39. The summed E-state index contributed by atoms with van der Waals surface area (Å²) in [6, 6.07) is 0. The number of halogens is 1. The molecule has 0 saturated heterocycles. The second-order valence-corrected chi connectivity index (χ2v) is 15.2. The van der Waals surface area contributed by atoms with Crippen LogP contribution in [0.3, 0.4) is 0 Å². The van der Waals surface area contributed by atoms with Crippen molar-refractivity contribution in [2.75, 3.05) is 25.2 Å². The molecule has 0 bridgehead atoms. The molecular weight excluding hydrogens is 728 g/mol. The summed E-state index contributed by atoms with van der Waals surface area (Å²) >= 11 is 3.41. The smallest absolute Gasteiger partial charge is 0.305 e. The number of ether oxygens (including phenoxy) is 3. The lowest BCUT2D eigenvalue weighted by atomic mass is 10.1. The quantitative estimate of drug-likeness (QED) is 0.0202. The lowest BCUT2D eigenvalue weighted by Gasteiger charge is -2.17. The van der Waals surface area contributed by atoms with Crippen LogP contribution in [-0.2, 0) is 28.6 Å². The topological polar surface area (TPSA) is 78.9 Å². The number of alkyl halides is 1. The predicted octanol–water partition coefficient (Wildman–Crippen LogP) is 13.8. The Morgan fingerprint density at radius 1 is 0.415 bits per heavy atom. The van der Waals surface area contributed by atoms with E-state index in [1.54, 1.807) is 0 Å². The van der Waals surface area contributed by atoms with Gasteiger partial charge in [-0.05, 0) is 89.9 Å². The molecule has 0 aliphatic rings. The van der Waals surface area contributed by atoms with Crippen LogP contribution in [0, 0.1) is 5.92 Å². The van der Waals surface area contributed by atoms with Gasteiger partial charge < -0.3 is 14.2 Å². The molecule has 0 radical (unpaired) electrons. The van der Waals surface area contributed by atoms with Crippen molar-refractivity contribution < 1.29 is 28.6 Å². The lowest BCUT2D eigenvalue weighted by Crippen LogP contribution is -2.26. The Morgan fingerprint density at radius 3 is 1.06 bits per heavy atom. The molecule has 0 saturated carbocycles. The van der Waals surface area contributed by atoms with E-state index in [4.69, 9.17) is 14.2 Å². The summed E-state index contributed by atoms with van der Waals surface area (Å²) in [4.78, 5) is 37.2. The standard InChI is InChI=1S/C46H79BrO6/c1-3-5-7-9-11-13-15-17-19-21-23-25-27-29-32-36-44(48)51-40-43(42-53-46(50)38-34-31-35-39-47)41-52-45(49)37-33-30-28-26-24-22-20-18-16-14-12-10-8-6-4-2/h11-14,17-20,43H,3-10,15-16,21-42H2,1-2H3/b13-11-,14-12-,19-17-,20-18-. The Kier molecular flexibility index (Phi) is 40.9. The SMILES string of the molecule is CCCCC/C=C\C/C=C\CCCCCCCC(=O)OCC(COC(=O)CCCCCBr)COC(=O)CCCCCCC/C=C\C/C=C\CCCCC. The fraction of sp³-hybridized carbons (Fsp3) is 0.761. The van der Waals surface area contributed by atoms with E-state index in [1.807, 2.05) is 0 Å². The maximum absolute atomic E-state index is 12.5. The third-order valence-corrected chi connectivity index (χ3v) is 9.68. The van der Waals surface area contributed by atoms with Crippen LogP contribution in [0.5, 0.6) is 0 Å². The zero-order valence-electron chi connectivity index (χ0n) is 34.2. The minimum Gasteiger partial charge on any atom is -0.465 e. The molecule has 0 fully saturated rings. The zero-order chi connectivity index (χ0) is 38.7. The first kappa shape index (κ1) is 50.9. The van der Waals surface area contributed by atoms with E-state index in [-0.39, 0.29) is 43.6 Å². The molecule has 0 unspecified atom stereocenters. The lowest BCUT2D eigenvalue weighted by molar-refractivity contribution is -0.153. The molecule has 0 heterocycles. The number of unbranched alkanes of at least 4 members (excludes halogenated alkanes) is 18. The van der Waals surface area contributed by atoms with Gasteiger partial charge in [0, 0.05) is 24.6 Å². The van der Waals surface area contributed by atoms with Crippen molar-refractivity contribution in [1.82, 2.24) is 0 Å². The average molecular weight is 808 g/mol. The first-order valence-electron chi connectivity index (χ1n) is 21.7. The number of esters is 3. The first-order chi connectivity index (χ1) is 26.0. The average Bonchev–Trinajstić information content (AvgIpc) is 3.16. The van der Waals surface area contributed by atoms with E-state index in [2.05, 4.69) is 78.4 Å². The van der Waals surface area contributed by atoms with Crippen LogP contribution in [0.4, 0.5) is 0 Å². The van der Waals surface area contributed by atoms with Gasteiger partial charge in [0.25, 0.3) is 0 Å². The van der Waals surface area contributed by atoms with Crippen molar-refractivity contribution in [1.29, 1.82) is 0 Å². The van der Waals surface area contributed by atoms with Crippen LogP contribution >= 0.6 is 15.9 Å². The minimum atomic E-state index is -0.372. The van der Waals surface area contributed by atoms with Crippen LogP contribution in [0.1, 0.15) is 194 Å². The van der Waals surface area contributed by atoms with Crippen molar-refractivity contribution >= 4 is 33.8 Å². The van der Waals surface area contributed by atoms with E-state index in [1.165, 1.54) is 64.2 Å². The summed E-state index contributed by atoms with van der Waals surface area (Å²) in [5.74, 6) is -1.14. The van der Waals surface area contributed by atoms with Crippen molar-refractivity contribution in [3.05, 3.63) is 48.6 Å². The fourth-order valence-electron chi connectivity index (χ4n) is 5.70. The highest BCUT2D eigenvalue weighted by Crippen LogP contribution is 2.12. The van der Waals surface area contributed by atoms with Gasteiger partial charge in [-0.15, -0.1) is 0 Å². The number of carbonyl (C=O) groups is 3. The zero-order valence-corrected chi connectivity index (χ0v) is 35.7. The van der Waals surface area contributed by atoms with Gasteiger partial charge in [-0.25, -0.2) is 0 Å². The molecule has 0 aliphatic carbocycles. The predicted molar refractivity (Wildman–Crippen MR) is 227 cm³/mol. The number of hydrogen-bond donors (Lipinski definition) is 0. The molecule has 306 valence electrons. The van der Waals surface area contributed by atoms with E-state index in [0.717, 1.165) is 102 Å². The molecule has 53 heavy (non-hydrogen) atoms. The van der Waals surface area contributed by atoms with Gasteiger partial charge in [-0.3, -0.25) is 14.4 Å². The normalized spacial score (nSPS) is 11.9. The maximum Gasteiger partial charge on any atom is 0.305 e. The fourth-order valence-corrected chi connectivity index (χ4v) is 6.09. The van der Waals surface area contributed by atoms with Gasteiger partial charge in [-0.1, -0.05) is 149 Å². The third kappa shape index (κ3) is 40.9. The van der Waals surface area contributed by atoms with E-state index in [0.29, 0.717) is 19.3 Å². The van der Waals surface area contributed by atoms with Gasteiger partial charge in [0.05, 0.1) is 5.92 Å². The number of carbonyl (C=O) groups excluding carboxylic acids is 3. The molecule has 0 rings (SSSR count). The Morgan fingerprint density at radius 2 is 0.717 bits per heavy atom. The van der Waals surface area contributed by atoms with Gasteiger partial charge in [0.1, 0.15) is 19.8 Å². The second-order valence-electron chi connectivity index (χ2n) is 14.4. The largest absolute Gasteiger partial charge is 0.465 e. The molecule has 0 amide bonds. The molecule has 0 spiro atoms. The summed E-state index contributed by atoms with van der Waals surface area (Å²) in [6.07, 6.45) is 46.9. The highest BCUT2D eigenvalue weighted by Gasteiger charge is 2.18. The molecular formula is C46H79BrO6. The summed E-state index contributed by atoms with van der Waals surface area (Å²) in [5, 5.41) is 0.922. The maximum atomic E-state index is 12.5. The minimum absolute atomic E-state index is 0.0746. The van der Waals surface area contributed by atoms with E-state index in [9.17, 15) is 14.4 Å².